The van der Waals surface area contributed by atoms with Gasteiger partial charge in [-0.3, -0.25) is 4.79 Å². The predicted molar refractivity (Wildman–Crippen MR) is 77.3 cm³/mol. The molecule has 1 aliphatic carbocycles. The Labute approximate surface area is 121 Å². The number of hydrogen-bond acceptors (Lipinski definition) is 3. The summed E-state index contributed by atoms with van der Waals surface area (Å²) in [5.74, 6) is -0.190. The molecule has 1 amide bonds. The van der Waals surface area contributed by atoms with E-state index in [1.54, 1.807) is 6.07 Å². The van der Waals surface area contributed by atoms with E-state index < -0.39 is 5.41 Å². The van der Waals surface area contributed by atoms with E-state index in [0.717, 1.165) is 23.9 Å². The molecule has 0 atom stereocenters. The molecule has 108 valence electrons. The predicted octanol–water partition coefficient (Wildman–Crippen LogP) is 1.56. The molecular formula is C15H16N4O2. The number of nitrogens with zero attached hydrogens (tertiary/aromatic N) is 1. The number of aromatic nitrogens is 2. The Bertz CT molecular complexity index is 775. The van der Waals surface area contributed by atoms with E-state index in [1.807, 2.05) is 12.1 Å². The summed E-state index contributed by atoms with van der Waals surface area (Å²) >= 11 is 0. The van der Waals surface area contributed by atoms with Crippen LogP contribution in [0.4, 0.5) is 0 Å². The van der Waals surface area contributed by atoms with Crippen molar-refractivity contribution < 1.29 is 4.79 Å². The molecular weight excluding hydrogens is 268 g/mol. The summed E-state index contributed by atoms with van der Waals surface area (Å²) in [5, 5.41) is 12.1. The van der Waals surface area contributed by atoms with Gasteiger partial charge in [0.15, 0.2) is 0 Å². The number of benzene rings is 1. The average Bonchev–Trinajstić information content (AvgIpc) is 3.10. The molecule has 1 saturated carbocycles. The van der Waals surface area contributed by atoms with Crippen molar-refractivity contribution in [1.82, 2.24) is 15.3 Å². The van der Waals surface area contributed by atoms with Crippen molar-refractivity contribution in [2.75, 3.05) is 0 Å². The first-order valence-corrected chi connectivity index (χ1v) is 7.03. The lowest BCUT2D eigenvalue weighted by Gasteiger charge is -2.19. The Hall–Kier alpha value is -2.55. The van der Waals surface area contributed by atoms with Crippen LogP contribution in [0.25, 0.3) is 11.0 Å². The summed E-state index contributed by atoms with van der Waals surface area (Å²) in [7, 11) is 0. The first-order valence-electron chi connectivity index (χ1n) is 7.03. The minimum Gasteiger partial charge on any atom is -0.351 e. The molecule has 2 aromatic rings. The van der Waals surface area contributed by atoms with Crippen molar-refractivity contribution in [2.24, 2.45) is 5.41 Å². The summed E-state index contributed by atoms with van der Waals surface area (Å²) in [6, 6.07) is 7.65. The standard InChI is InChI=1S/C15H16N4O2/c16-9-15(5-1-2-6-15)13(20)17-8-10-3-4-11-12(7-10)19-14(21)18-11/h3-4,7H,1-2,5-6,8H2,(H,17,20)(H2,18,19,21). The van der Waals surface area contributed by atoms with E-state index in [-0.39, 0.29) is 11.6 Å². The van der Waals surface area contributed by atoms with Gasteiger partial charge in [-0.15, -0.1) is 0 Å². The second kappa shape index (κ2) is 5.09. The molecule has 3 N–H and O–H groups in total. The third kappa shape index (κ3) is 2.42. The quantitative estimate of drug-likeness (QED) is 0.797. The number of carbonyl (C=O) groups excluding carboxylic acids is 1. The molecule has 0 aliphatic heterocycles. The molecule has 1 heterocycles. The summed E-state index contributed by atoms with van der Waals surface area (Å²) < 4.78 is 0. The van der Waals surface area contributed by atoms with E-state index in [2.05, 4.69) is 21.4 Å². The Kier molecular flexibility index (Phi) is 3.26. The number of nitriles is 1. The molecule has 1 aliphatic rings. The van der Waals surface area contributed by atoms with E-state index >= 15 is 0 Å². The van der Waals surface area contributed by atoms with Gasteiger partial charge >= 0.3 is 5.69 Å². The summed E-state index contributed by atoms with van der Waals surface area (Å²) in [6.45, 7) is 0.353. The topological polar surface area (TPSA) is 102 Å². The van der Waals surface area contributed by atoms with E-state index in [0.29, 0.717) is 24.9 Å². The molecule has 6 nitrogen and oxygen atoms in total. The molecule has 0 radical (unpaired) electrons. The van der Waals surface area contributed by atoms with Crippen LogP contribution in [-0.2, 0) is 11.3 Å². The lowest BCUT2D eigenvalue weighted by molar-refractivity contribution is -0.128. The minimum atomic E-state index is -0.855. The highest BCUT2D eigenvalue weighted by molar-refractivity contribution is 5.85. The van der Waals surface area contributed by atoms with Crippen molar-refractivity contribution in [3.8, 4) is 6.07 Å². The Morgan fingerprint density at radius 2 is 2.00 bits per heavy atom. The first-order chi connectivity index (χ1) is 10.1. The van der Waals surface area contributed by atoms with Crippen LogP contribution in [0.3, 0.4) is 0 Å². The number of carbonyl (C=O) groups is 1. The molecule has 0 bridgehead atoms. The highest BCUT2D eigenvalue weighted by Crippen LogP contribution is 2.37. The van der Waals surface area contributed by atoms with Gasteiger partial charge in [-0.2, -0.15) is 5.26 Å². The fraction of sp³-hybridized carbons (Fsp3) is 0.400. The molecule has 0 spiro atoms. The maximum Gasteiger partial charge on any atom is 0.323 e. The number of H-pyrrole nitrogens is 2. The summed E-state index contributed by atoms with van der Waals surface area (Å²) in [6.07, 6.45) is 3.13. The largest absolute Gasteiger partial charge is 0.351 e. The van der Waals surface area contributed by atoms with Crippen LogP contribution < -0.4 is 11.0 Å². The van der Waals surface area contributed by atoms with E-state index in [9.17, 15) is 14.9 Å². The number of hydrogen-bond donors (Lipinski definition) is 3. The monoisotopic (exact) mass is 284 g/mol. The van der Waals surface area contributed by atoms with Crippen LogP contribution in [0.1, 0.15) is 31.2 Å². The van der Waals surface area contributed by atoms with Crippen LogP contribution >= 0.6 is 0 Å². The van der Waals surface area contributed by atoms with Crippen LogP contribution in [0, 0.1) is 16.7 Å². The van der Waals surface area contributed by atoms with E-state index in [1.165, 1.54) is 0 Å². The maximum absolute atomic E-state index is 12.2. The van der Waals surface area contributed by atoms with Gasteiger partial charge in [0.1, 0.15) is 5.41 Å². The van der Waals surface area contributed by atoms with Gasteiger partial charge in [-0.05, 0) is 30.5 Å². The van der Waals surface area contributed by atoms with Gasteiger partial charge in [0, 0.05) is 6.54 Å². The number of amides is 1. The minimum absolute atomic E-state index is 0.190. The maximum atomic E-state index is 12.2. The molecule has 6 heteroatoms. The summed E-state index contributed by atoms with van der Waals surface area (Å²) in [4.78, 5) is 28.8. The first kappa shape index (κ1) is 13.4. The summed E-state index contributed by atoms with van der Waals surface area (Å²) in [5.41, 5.74) is 1.23. The lowest BCUT2D eigenvalue weighted by Crippen LogP contribution is -2.37. The number of fused-ring (bicyclic) bond motifs is 1. The highest BCUT2D eigenvalue weighted by Gasteiger charge is 2.41. The average molecular weight is 284 g/mol. The van der Waals surface area contributed by atoms with Gasteiger partial charge in [-0.1, -0.05) is 18.9 Å². The number of nitrogens with one attached hydrogen (secondary N) is 3. The molecule has 3 rings (SSSR count). The highest BCUT2D eigenvalue weighted by atomic mass is 16.2. The van der Waals surface area contributed by atoms with Crippen molar-refractivity contribution in [3.05, 3.63) is 34.2 Å². The van der Waals surface area contributed by atoms with Gasteiger partial charge in [0.25, 0.3) is 0 Å². The number of aromatic amines is 2. The molecule has 0 unspecified atom stereocenters. The van der Waals surface area contributed by atoms with Gasteiger partial charge in [0.2, 0.25) is 5.91 Å². The second-order valence-electron chi connectivity index (χ2n) is 5.54. The number of rotatable bonds is 3. The Morgan fingerprint density at radius 3 is 2.71 bits per heavy atom. The van der Waals surface area contributed by atoms with Crippen LogP contribution in [0.2, 0.25) is 0 Å². The van der Waals surface area contributed by atoms with Crippen molar-refractivity contribution in [1.29, 1.82) is 5.26 Å². The van der Waals surface area contributed by atoms with Crippen LogP contribution in [-0.4, -0.2) is 15.9 Å². The van der Waals surface area contributed by atoms with Crippen LogP contribution in [0.5, 0.6) is 0 Å². The molecule has 21 heavy (non-hydrogen) atoms. The Morgan fingerprint density at radius 1 is 1.29 bits per heavy atom. The fourth-order valence-corrected chi connectivity index (χ4v) is 2.91. The van der Waals surface area contributed by atoms with E-state index in [4.69, 9.17) is 0 Å². The lowest BCUT2D eigenvalue weighted by atomic mass is 9.87. The third-order valence-corrected chi connectivity index (χ3v) is 4.14. The molecule has 1 fully saturated rings. The zero-order chi connectivity index (χ0) is 14.9. The second-order valence-corrected chi connectivity index (χ2v) is 5.54. The third-order valence-electron chi connectivity index (χ3n) is 4.14. The van der Waals surface area contributed by atoms with Gasteiger partial charge in [-0.25, -0.2) is 4.79 Å². The smallest absolute Gasteiger partial charge is 0.323 e. The van der Waals surface area contributed by atoms with Gasteiger partial charge in [0.05, 0.1) is 17.1 Å². The zero-order valence-electron chi connectivity index (χ0n) is 11.5. The van der Waals surface area contributed by atoms with Crippen LogP contribution in [0.15, 0.2) is 23.0 Å². The number of imidazole rings is 1. The van der Waals surface area contributed by atoms with Gasteiger partial charge < -0.3 is 15.3 Å². The van der Waals surface area contributed by atoms with Crippen molar-refractivity contribution >= 4 is 16.9 Å². The molecule has 1 aromatic heterocycles. The van der Waals surface area contributed by atoms with Crippen molar-refractivity contribution in [3.63, 3.8) is 0 Å². The SMILES string of the molecule is N#CC1(C(=O)NCc2ccc3[nH]c(=O)[nH]c3c2)CCCC1. The molecule has 1 aromatic carbocycles. The normalized spacial score (nSPS) is 16.7. The Balaban J connectivity index is 1.72. The molecule has 0 saturated heterocycles. The zero-order valence-corrected chi connectivity index (χ0v) is 11.5. The fourth-order valence-electron chi connectivity index (χ4n) is 2.91. The van der Waals surface area contributed by atoms with Crippen molar-refractivity contribution in [2.45, 2.75) is 32.2 Å².